The molecular weight excluding hydrogens is 556 g/mol. The monoisotopic (exact) mass is 598 g/mol. The average molecular weight is 599 g/mol. The number of nitrogens with zero attached hydrogens (tertiary/aromatic N) is 2. The molecule has 1 unspecified atom stereocenters. The summed E-state index contributed by atoms with van der Waals surface area (Å²) >= 11 is 0. The predicted octanol–water partition coefficient (Wildman–Crippen LogP) is 11.7. The zero-order chi connectivity index (χ0) is 31.7. The minimum Gasteiger partial charge on any atom is -0.315 e. The zero-order valence-electron chi connectivity index (χ0n) is 27.1. The van der Waals surface area contributed by atoms with Crippen molar-refractivity contribution in [1.29, 1.82) is 0 Å². The Morgan fingerprint density at radius 3 is 1.74 bits per heavy atom. The number of hydrogen-bond donors (Lipinski definition) is 0. The quantitative estimate of drug-likeness (QED) is 0.148. The van der Waals surface area contributed by atoms with Gasteiger partial charge in [0.25, 0.3) is 0 Å². The fourth-order valence-corrected chi connectivity index (χ4v) is 6.16. The summed E-state index contributed by atoms with van der Waals surface area (Å²) in [7, 11) is 0. The van der Waals surface area contributed by atoms with Gasteiger partial charge < -0.3 is 9.80 Å². The molecule has 1 atom stereocenters. The first kappa shape index (κ1) is 30.7. The minimum absolute atomic E-state index is 0.368. The van der Waals surface area contributed by atoms with E-state index in [0.29, 0.717) is 5.92 Å². The Morgan fingerprint density at radius 1 is 0.609 bits per heavy atom. The molecule has 0 saturated heterocycles. The van der Waals surface area contributed by atoms with Crippen LogP contribution in [0.15, 0.2) is 187 Å². The number of allylic oxidation sites excluding steroid dienone is 7. The molecule has 0 fully saturated rings. The molecule has 46 heavy (non-hydrogen) atoms. The van der Waals surface area contributed by atoms with Gasteiger partial charge in [-0.1, -0.05) is 115 Å². The first-order valence-electron chi connectivity index (χ1n) is 16.2. The third kappa shape index (κ3) is 7.47. The highest BCUT2D eigenvalue weighted by Gasteiger charge is 2.18. The third-order valence-corrected chi connectivity index (χ3v) is 8.56. The van der Waals surface area contributed by atoms with E-state index >= 15 is 0 Å². The SMILES string of the molecule is C/C(=C\C=C(/C)N(c1ccccc1)c1cccc(C)c1)N(C1=CCC(c2ccc(Cc3ccccc3)cc2)C=C1)c1ccccc1. The van der Waals surface area contributed by atoms with Gasteiger partial charge >= 0.3 is 0 Å². The van der Waals surface area contributed by atoms with Crippen LogP contribution in [0.5, 0.6) is 0 Å². The number of aryl methyl sites for hydroxylation is 1. The van der Waals surface area contributed by atoms with Gasteiger partial charge in [0.1, 0.15) is 0 Å². The van der Waals surface area contributed by atoms with E-state index in [1.807, 2.05) is 0 Å². The summed E-state index contributed by atoms with van der Waals surface area (Å²) in [6, 6.07) is 49.8. The van der Waals surface area contributed by atoms with Crippen molar-refractivity contribution in [3.63, 3.8) is 0 Å². The van der Waals surface area contributed by atoms with Gasteiger partial charge in [0.05, 0.1) is 0 Å². The molecule has 0 N–H and O–H groups in total. The second-order valence-corrected chi connectivity index (χ2v) is 12.0. The van der Waals surface area contributed by atoms with E-state index < -0.39 is 0 Å². The summed E-state index contributed by atoms with van der Waals surface area (Å²) in [5.74, 6) is 0.368. The van der Waals surface area contributed by atoms with Crippen LogP contribution < -0.4 is 9.80 Å². The molecule has 0 aromatic heterocycles. The standard InChI is InChI=1S/C44H42N2/c1-34-14-13-21-44(32-34)46(42-19-11-6-12-20-42)36(3)23-22-35(2)45(41-17-9-5-10-18-41)43-30-28-40(29-31-43)39-26-24-38(25-27-39)33-37-15-7-4-8-16-37/h4-28,30-32,40H,29,33H2,1-3H3/b35-22+,36-23+. The minimum atomic E-state index is 0.368. The summed E-state index contributed by atoms with van der Waals surface area (Å²) in [5, 5.41) is 0. The lowest BCUT2D eigenvalue weighted by Crippen LogP contribution is -2.21. The fourth-order valence-electron chi connectivity index (χ4n) is 6.16. The van der Waals surface area contributed by atoms with Crippen LogP contribution >= 0.6 is 0 Å². The van der Waals surface area contributed by atoms with Crippen LogP contribution in [0.2, 0.25) is 0 Å². The summed E-state index contributed by atoms with van der Waals surface area (Å²) < 4.78 is 0. The van der Waals surface area contributed by atoms with Crippen LogP contribution in [0, 0.1) is 6.92 Å². The Kier molecular flexibility index (Phi) is 9.75. The van der Waals surface area contributed by atoms with Gasteiger partial charge in [-0.15, -0.1) is 0 Å². The maximum Gasteiger partial charge on any atom is 0.0460 e. The Labute approximate surface area is 275 Å². The Balaban J connectivity index is 1.24. The highest BCUT2D eigenvalue weighted by Crippen LogP contribution is 2.34. The highest BCUT2D eigenvalue weighted by molar-refractivity contribution is 5.69. The number of rotatable bonds is 10. The van der Waals surface area contributed by atoms with Crippen LogP contribution in [0.1, 0.15) is 48.4 Å². The molecule has 2 nitrogen and oxygen atoms in total. The summed E-state index contributed by atoms with van der Waals surface area (Å²) in [6.07, 6.45) is 13.4. The van der Waals surface area contributed by atoms with Crippen LogP contribution in [-0.4, -0.2) is 0 Å². The molecule has 0 heterocycles. The van der Waals surface area contributed by atoms with Crippen molar-refractivity contribution >= 4 is 17.1 Å². The number of benzene rings is 5. The first-order chi connectivity index (χ1) is 22.5. The van der Waals surface area contributed by atoms with Gasteiger partial charge in [-0.2, -0.15) is 0 Å². The molecule has 0 radical (unpaired) electrons. The molecule has 0 saturated carbocycles. The zero-order valence-corrected chi connectivity index (χ0v) is 27.1. The van der Waals surface area contributed by atoms with Gasteiger partial charge in [0, 0.05) is 40.1 Å². The molecule has 0 spiro atoms. The Bertz CT molecular complexity index is 1850. The van der Waals surface area contributed by atoms with E-state index in [1.165, 1.54) is 28.0 Å². The fraction of sp³-hybridized carbons (Fsp3) is 0.136. The van der Waals surface area contributed by atoms with Crippen LogP contribution in [0.3, 0.4) is 0 Å². The van der Waals surface area contributed by atoms with Crippen molar-refractivity contribution in [1.82, 2.24) is 0 Å². The van der Waals surface area contributed by atoms with Gasteiger partial charge in [-0.05, 0) is 110 Å². The van der Waals surface area contributed by atoms with E-state index in [0.717, 1.165) is 41.3 Å². The van der Waals surface area contributed by atoms with Crippen molar-refractivity contribution in [3.8, 4) is 0 Å². The number of hydrogen-bond acceptors (Lipinski definition) is 2. The molecule has 1 aliphatic rings. The van der Waals surface area contributed by atoms with Crippen molar-refractivity contribution in [2.24, 2.45) is 0 Å². The topological polar surface area (TPSA) is 6.48 Å². The second-order valence-electron chi connectivity index (χ2n) is 12.0. The van der Waals surface area contributed by atoms with Gasteiger partial charge in [-0.25, -0.2) is 0 Å². The average Bonchev–Trinajstić information content (AvgIpc) is 3.10. The molecular formula is C44H42N2. The third-order valence-electron chi connectivity index (χ3n) is 8.56. The molecule has 2 heteroatoms. The van der Waals surface area contributed by atoms with Gasteiger partial charge in [-0.3, -0.25) is 0 Å². The van der Waals surface area contributed by atoms with E-state index in [2.05, 4.69) is 200 Å². The summed E-state index contributed by atoms with van der Waals surface area (Å²) in [6.45, 7) is 6.52. The largest absolute Gasteiger partial charge is 0.315 e. The van der Waals surface area contributed by atoms with Crippen LogP contribution in [0.25, 0.3) is 0 Å². The van der Waals surface area contributed by atoms with E-state index in [4.69, 9.17) is 0 Å². The maximum absolute atomic E-state index is 2.38. The summed E-state index contributed by atoms with van der Waals surface area (Å²) in [4.78, 5) is 4.68. The van der Waals surface area contributed by atoms with E-state index in [1.54, 1.807) is 0 Å². The molecule has 5 aromatic rings. The smallest absolute Gasteiger partial charge is 0.0460 e. The molecule has 0 bridgehead atoms. The van der Waals surface area contributed by atoms with Crippen LogP contribution in [0.4, 0.5) is 17.1 Å². The van der Waals surface area contributed by atoms with E-state index in [-0.39, 0.29) is 0 Å². The molecule has 1 aliphatic carbocycles. The van der Waals surface area contributed by atoms with Crippen molar-refractivity contribution < 1.29 is 0 Å². The van der Waals surface area contributed by atoms with E-state index in [9.17, 15) is 0 Å². The number of para-hydroxylation sites is 2. The Hall–Kier alpha value is -5.34. The normalized spacial score (nSPS) is 14.9. The van der Waals surface area contributed by atoms with Gasteiger partial charge in [0.15, 0.2) is 0 Å². The van der Waals surface area contributed by atoms with Crippen LogP contribution in [-0.2, 0) is 6.42 Å². The van der Waals surface area contributed by atoms with Crippen molar-refractivity contribution in [2.45, 2.75) is 39.5 Å². The first-order valence-corrected chi connectivity index (χ1v) is 16.2. The van der Waals surface area contributed by atoms with Crippen molar-refractivity contribution in [2.75, 3.05) is 9.80 Å². The second kappa shape index (κ2) is 14.6. The molecule has 6 rings (SSSR count). The predicted molar refractivity (Wildman–Crippen MR) is 196 cm³/mol. The van der Waals surface area contributed by atoms with Crippen molar-refractivity contribution in [3.05, 3.63) is 209 Å². The highest BCUT2D eigenvalue weighted by atomic mass is 15.2. The molecule has 5 aromatic carbocycles. The lowest BCUT2D eigenvalue weighted by Gasteiger charge is -2.30. The Morgan fingerprint density at radius 2 is 1.15 bits per heavy atom. The lowest BCUT2D eigenvalue weighted by molar-refractivity contribution is 0.835. The summed E-state index contributed by atoms with van der Waals surface area (Å²) in [5.41, 5.74) is 12.2. The number of anilines is 3. The molecule has 0 aliphatic heterocycles. The molecule has 228 valence electrons. The lowest BCUT2D eigenvalue weighted by atomic mass is 9.90. The maximum atomic E-state index is 2.38. The van der Waals surface area contributed by atoms with Gasteiger partial charge in [0.2, 0.25) is 0 Å². The molecule has 0 amide bonds.